The maximum Gasteiger partial charge on any atom is 0.240 e. The summed E-state index contributed by atoms with van der Waals surface area (Å²) in [5.74, 6) is 1.54. The summed E-state index contributed by atoms with van der Waals surface area (Å²) < 4.78 is 5.48. The van der Waals surface area contributed by atoms with E-state index in [4.69, 9.17) is 4.52 Å². The van der Waals surface area contributed by atoms with Gasteiger partial charge in [0.25, 0.3) is 0 Å². The van der Waals surface area contributed by atoms with E-state index in [1.807, 2.05) is 0 Å². The molecule has 0 amide bonds. The van der Waals surface area contributed by atoms with Crippen LogP contribution in [-0.4, -0.2) is 52.2 Å². The minimum absolute atomic E-state index is 0.724. The summed E-state index contributed by atoms with van der Waals surface area (Å²) in [6.45, 7) is 7.73. The molecule has 3 heterocycles. The molecule has 2 saturated heterocycles. The summed E-state index contributed by atoms with van der Waals surface area (Å²) in [7, 11) is 0. The molecule has 0 aliphatic carbocycles. The SMILES string of the molecule is Cc1ccccc1Cc1noc(CN2CCC(N3CCCC3)C2)n1. The van der Waals surface area contributed by atoms with Crippen molar-refractivity contribution in [3.05, 3.63) is 47.1 Å². The van der Waals surface area contributed by atoms with Gasteiger partial charge in [0, 0.05) is 25.6 Å². The highest BCUT2D eigenvalue weighted by atomic mass is 16.5. The first kappa shape index (κ1) is 15.8. The molecule has 128 valence electrons. The van der Waals surface area contributed by atoms with Crippen LogP contribution in [0.15, 0.2) is 28.8 Å². The lowest BCUT2D eigenvalue weighted by atomic mass is 10.1. The van der Waals surface area contributed by atoms with Crippen molar-refractivity contribution in [2.24, 2.45) is 0 Å². The molecule has 4 rings (SSSR count). The second-order valence-corrected chi connectivity index (χ2v) is 7.13. The Hall–Kier alpha value is -1.72. The van der Waals surface area contributed by atoms with E-state index in [2.05, 4.69) is 51.1 Å². The number of hydrogen-bond donors (Lipinski definition) is 0. The van der Waals surface area contributed by atoms with E-state index >= 15 is 0 Å². The molecular weight excluding hydrogens is 300 g/mol. The molecule has 1 aromatic heterocycles. The molecule has 1 atom stereocenters. The Labute approximate surface area is 143 Å². The van der Waals surface area contributed by atoms with Crippen LogP contribution in [0.5, 0.6) is 0 Å². The van der Waals surface area contributed by atoms with Gasteiger partial charge < -0.3 is 4.52 Å². The molecule has 5 nitrogen and oxygen atoms in total. The Bertz CT molecular complexity index is 678. The van der Waals surface area contributed by atoms with Gasteiger partial charge in [0.05, 0.1) is 6.54 Å². The predicted octanol–water partition coefficient (Wildman–Crippen LogP) is 2.64. The number of nitrogens with zero attached hydrogens (tertiary/aromatic N) is 4. The topological polar surface area (TPSA) is 45.4 Å². The second kappa shape index (κ2) is 7.03. The highest BCUT2D eigenvalue weighted by molar-refractivity contribution is 5.27. The predicted molar refractivity (Wildman–Crippen MR) is 92.8 cm³/mol. The maximum atomic E-state index is 5.48. The third-order valence-corrected chi connectivity index (χ3v) is 5.38. The second-order valence-electron chi connectivity index (χ2n) is 7.13. The van der Waals surface area contributed by atoms with Crippen LogP contribution in [0, 0.1) is 6.92 Å². The van der Waals surface area contributed by atoms with E-state index in [1.165, 1.54) is 43.5 Å². The molecule has 2 aliphatic rings. The van der Waals surface area contributed by atoms with Crippen LogP contribution in [0.25, 0.3) is 0 Å². The molecule has 2 aromatic rings. The van der Waals surface area contributed by atoms with Crippen molar-refractivity contribution in [2.45, 2.75) is 45.2 Å². The molecule has 1 aromatic carbocycles. The summed E-state index contributed by atoms with van der Waals surface area (Å²) in [5.41, 5.74) is 2.54. The summed E-state index contributed by atoms with van der Waals surface area (Å²) in [6.07, 6.45) is 4.74. The van der Waals surface area contributed by atoms with Crippen molar-refractivity contribution in [2.75, 3.05) is 26.2 Å². The average Bonchev–Trinajstić information content (AvgIpc) is 3.32. The first-order valence-electron chi connectivity index (χ1n) is 9.10. The minimum atomic E-state index is 0.724. The van der Waals surface area contributed by atoms with Crippen LogP contribution in [0.3, 0.4) is 0 Å². The van der Waals surface area contributed by atoms with Crippen LogP contribution < -0.4 is 0 Å². The molecule has 24 heavy (non-hydrogen) atoms. The highest BCUT2D eigenvalue weighted by Crippen LogP contribution is 2.21. The van der Waals surface area contributed by atoms with Gasteiger partial charge in [-0.3, -0.25) is 9.80 Å². The van der Waals surface area contributed by atoms with Crippen LogP contribution in [0.4, 0.5) is 0 Å². The van der Waals surface area contributed by atoms with E-state index in [0.29, 0.717) is 0 Å². The monoisotopic (exact) mass is 326 g/mol. The van der Waals surface area contributed by atoms with Gasteiger partial charge in [-0.2, -0.15) is 4.98 Å². The molecule has 0 saturated carbocycles. The summed E-state index contributed by atoms with van der Waals surface area (Å²) in [5, 5.41) is 4.17. The molecule has 0 bridgehead atoms. The Morgan fingerprint density at radius 2 is 2.00 bits per heavy atom. The van der Waals surface area contributed by atoms with Gasteiger partial charge in [-0.05, 0) is 50.4 Å². The van der Waals surface area contributed by atoms with Crippen LogP contribution in [-0.2, 0) is 13.0 Å². The van der Waals surface area contributed by atoms with Gasteiger partial charge >= 0.3 is 0 Å². The standard InChI is InChI=1S/C19H26N4O/c1-15-6-2-3-7-16(15)12-18-20-19(24-21-18)14-22-11-8-17(13-22)23-9-4-5-10-23/h2-3,6-7,17H,4-5,8-14H2,1H3. The zero-order chi connectivity index (χ0) is 16.4. The van der Waals surface area contributed by atoms with E-state index in [1.54, 1.807) is 0 Å². The van der Waals surface area contributed by atoms with Crippen molar-refractivity contribution in [1.82, 2.24) is 19.9 Å². The Morgan fingerprint density at radius 1 is 1.17 bits per heavy atom. The van der Waals surface area contributed by atoms with Crippen molar-refractivity contribution >= 4 is 0 Å². The average molecular weight is 326 g/mol. The van der Waals surface area contributed by atoms with Crippen molar-refractivity contribution in [3.63, 3.8) is 0 Å². The van der Waals surface area contributed by atoms with E-state index in [9.17, 15) is 0 Å². The number of hydrogen-bond acceptors (Lipinski definition) is 5. The zero-order valence-electron chi connectivity index (χ0n) is 14.4. The lowest BCUT2D eigenvalue weighted by molar-refractivity contribution is 0.217. The smallest absolute Gasteiger partial charge is 0.240 e. The molecule has 0 spiro atoms. The molecule has 1 unspecified atom stereocenters. The lowest BCUT2D eigenvalue weighted by Gasteiger charge is -2.23. The van der Waals surface area contributed by atoms with Gasteiger partial charge in [0.15, 0.2) is 5.82 Å². The fourth-order valence-electron chi connectivity index (χ4n) is 3.96. The Morgan fingerprint density at radius 3 is 2.83 bits per heavy atom. The maximum absolute atomic E-state index is 5.48. The quantitative estimate of drug-likeness (QED) is 0.845. The number of benzene rings is 1. The van der Waals surface area contributed by atoms with Gasteiger partial charge in [-0.1, -0.05) is 29.4 Å². The minimum Gasteiger partial charge on any atom is -0.338 e. The number of rotatable bonds is 5. The fraction of sp³-hybridized carbons (Fsp3) is 0.579. The molecular formula is C19H26N4O. The van der Waals surface area contributed by atoms with Crippen molar-refractivity contribution in [3.8, 4) is 0 Å². The lowest BCUT2D eigenvalue weighted by Crippen LogP contribution is -2.35. The van der Waals surface area contributed by atoms with Crippen LogP contribution in [0.2, 0.25) is 0 Å². The fourth-order valence-corrected chi connectivity index (χ4v) is 3.96. The van der Waals surface area contributed by atoms with Crippen molar-refractivity contribution in [1.29, 1.82) is 0 Å². The third-order valence-electron chi connectivity index (χ3n) is 5.38. The zero-order valence-corrected chi connectivity index (χ0v) is 14.4. The summed E-state index contributed by atoms with van der Waals surface area (Å²) in [6, 6.07) is 9.10. The summed E-state index contributed by atoms with van der Waals surface area (Å²) in [4.78, 5) is 9.70. The largest absolute Gasteiger partial charge is 0.338 e. The molecule has 5 heteroatoms. The van der Waals surface area contributed by atoms with E-state index in [0.717, 1.165) is 43.8 Å². The first-order valence-corrected chi connectivity index (χ1v) is 9.10. The molecule has 2 aliphatic heterocycles. The third kappa shape index (κ3) is 3.52. The number of aryl methyl sites for hydroxylation is 1. The van der Waals surface area contributed by atoms with Crippen LogP contribution >= 0.6 is 0 Å². The highest BCUT2D eigenvalue weighted by Gasteiger charge is 2.29. The Kier molecular flexibility index (Phi) is 4.63. The van der Waals surface area contributed by atoms with E-state index < -0.39 is 0 Å². The van der Waals surface area contributed by atoms with Gasteiger partial charge in [-0.15, -0.1) is 0 Å². The summed E-state index contributed by atoms with van der Waals surface area (Å²) >= 11 is 0. The van der Waals surface area contributed by atoms with Gasteiger partial charge in [0.1, 0.15) is 0 Å². The van der Waals surface area contributed by atoms with Gasteiger partial charge in [0.2, 0.25) is 5.89 Å². The van der Waals surface area contributed by atoms with Crippen molar-refractivity contribution < 1.29 is 4.52 Å². The van der Waals surface area contributed by atoms with Gasteiger partial charge in [-0.25, -0.2) is 0 Å². The molecule has 2 fully saturated rings. The first-order chi connectivity index (χ1) is 11.8. The van der Waals surface area contributed by atoms with Crippen LogP contribution in [0.1, 0.15) is 42.1 Å². The number of aromatic nitrogens is 2. The van der Waals surface area contributed by atoms with E-state index in [-0.39, 0.29) is 0 Å². The molecule has 0 radical (unpaired) electrons. The Balaban J connectivity index is 1.33. The number of likely N-dealkylation sites (tertiary alicyclic amines) is 2. The normalized spacial score (nSPS) is 22.5. The molecule has 0 N–H and O–H groups in total.